The zero-order valence-corrected chi connectivity index (χ0v) is 8.84. The number of hydrogen-bond donors (Lipinski definition) is 5. The average molecular weight is 223 g/mol. The van der Waals surface area contributed by atoms with Gasteiger partial charge in [-0.2, -0.15) is 0 Å². The van der Waals surface area contributed by atoms with Gasteiger partial charge in [0.15, 0.2) is 12.2 Å². The molecule has 0 fully saturated rings. The minimum absolute atomic E-state index is 0. The van der Waals surface area contributed by atoms with E-state index in [0.29, 0.717) is 0 Å². The van der Waals surface area contributed by atoms with Crippen LogP contribution in [0.25, 0.3) is 0 Å². The second-order valence-electron chi connectivity index (χ2n) is 3.93. The van der Waals surface area contributed by atoms with E-state index in [9.17, 15) is 9.59 Å². The molecule has 0 saturated carbocycles. The Hall–Kier alpha value is -1.18. The summed E-state index contributed by atoms with van der Waals surface area (Å²) in [5, 5.41) is 32.5. The Morgan fingerprint density at radius 2 is 1.13 bits per heavy atom. The second kappa shape index (κ2) is 6.33. The lowest BCUT2D eigenvalue weighted by molar-refractivity contribution is -0.165. The maximum atomic E-state index is 9.77. The Labute approximate surface area is 87.1 Å². The molecule has 0 amide bonds. The van der Waals surface area contributed by atoms with Crippen molar-refractivity contribution >= 4 is 11.9 Å². The first-order chi connectivity index (χ1) is 6.46. The summed E-state index contributed by atoms with van der Waals surface area (Å²) in [5.41, 5.74) is 5.35. The molecule has 0 aliphatic rings. The molecule has 0 aromatic carbocycles. The van der Waals surface area contributed by atoms with Crippen LogP contribution in [0.1, 0.15) is 20.8 Å². The highest BCUT2D eigenvalue weighted by atomic mass is 16.4. The molecule has 0 aliphatic heterocycles. The van der Waals surface area contributed by atoms with Crippen LogP contribution in [0.4, 0.5) is 0 Å². The van der Waals surface area contributed by atoms with Gasteiger partial charge in [-0.05, 0) is 20.8 Å². The van der Waals surface area contributed by atoms with Crippen LogP contribution in [0.5, 0.6) is 0 Å². The van der Waals surface area contributed by atoms with E-state index >= 15 is 0 Å². The number of carboxylic acid groups (broad SMARTS) is 2. The molecule has 0 rings (SSSR count). The van der Waals surface area contributed by atoms with Crippen LogP contribution in [0.15, 0.2) is 0 Å². The highest BCUT2D eigenvalue weighted by Gasteiger charge is 2.29. The van der Waals surface area contributed by atoms with Crippen LogP contribution in [0, 0.1) is 0 Å². The topological polar surface area (TPSA) is 141 Å². The summed E-state index contributed by atoms with van der Waals surface area (Å²) in [6.07, 6.45) is -4.53. The molecule has 90 valence electrons. The Kier molecular flexibility index (Phi) is 6.86. The Balaban J connectivity index is 0. The van der Waals surface area contributed by atoms with Gasteiger partial charge in [-0.25, -0.2) is 9.59 Å². The molecule has 0 spiro atoms. The largest absolute Gasteiger partial charge is 0.479 e. The highest BCUT2D eigenvalue weighted by molar-refractivity contribution is 5.83. The molecule has 7 heteroatoms. The number of hydrogen-bond acceptors (Lipinski definition) is 5. The molecule has 6 N–H and O–H groups in total. The minimum atomic E-state index is -2.27. The van der Waals surface area contributed by atoms with Crippen molar-refractivity contribution in [1.82, 2.24) is 0 Å². The van der Waals surface area contributed by atoms with Crippen molar-refractivity contribution < 1.29 is 30.0 Å². The summed E-state index contributed by atoms with van der Waals surface area (Å²) >= 11 is 0. The summed E-state index contributed by atoms with van der Waals surface area (Å²) in [6.45, 7) is 5.90. The van der Waals surface area contributed by atoms with Crippen LogP contribution in [-0.4, -0.2) is 50.1 Å². The monoisotopic (exact) mass is 223 g/mol. The van der Waals surface area contributed by atoms with E-state index in [1.165, 1.54) is 0 Å². The number of rotatable bonds is 3. The molecule has 0 aromatic rings. The van der Waals surface area contributed by atoms with Gasteiger partial charge in [0.1, 0.15) is 0 Å². The van der Waals surface area contributed by atoms with Gasteiger partial charge < -0.3 is 26.2 Å². The standard InChI is InChI=1S/C4H11N.C4H6O6/c1-4(2,3)5;5-1(3(7)8)2(6)4(9)10/h5H2,1-3H3;1-2,5-6H,(H,7,8)(H,9,10). The van der Waals surface area contributed by atoms with Crippen LogP contribution in [0.2, 0.25) is 0 Å². The summed E-state index contributed by atoms with van der Waals surface area (Å²) in [4.78, 5) is 19.5. The molecule has 0 aromatic heterocycles. The Morgan fingerprint density at radius 3 is 1.20 bits per heavy atom. The Morgan fingerprint density at radius 1 is 1.00 bits per heavy atom. The van der Waals surface area contributed by atoms with Gasteiger partial charge in [0.2, 0.25) is 0 Å². The van der Waals surface area contributed by atoms with Crippen molar-refractivity contribution in [3.8, 4) is 0 Å². The number of aliphatic carboxylic acids is 2. The van der Waals surface area contributed by atoms with Gasteiger partial charge >= 0.3 is 11.9 Å². The van der Waals surface area contributed by atoms with Gasteiger partial charge in [-0.3, -0.25) is 0 Å². The van der Waals surface area contributed by atoms with Crippen molar-refractivity contribution in [2.45, 2.75) is 38.5 Å². The normalized spacial score (nSPS) is 14.5. The second-order valence-corrected chi connectivity index (χ2v) is 3.93. The van der Waals surface area contributed by atoms with Crippen molar-refractivity contribution in [3.63, 3.8) is 0 Å². The quantitative estimate of drug-likeness (QED) is 0.397. The molecule has 2 unspecified atom stereocenters. The molecule has 15 heavy (non-hydrogen) atoms. The third kappa shape index (κ3) is 12.8. The van der Waals surface area contributed by atoms with E-state index in [1.807, 2.05) is 20.8 Å². The summed E-state index contributed by atoms with van der Waals surface area (Å²) in [6, 6.07) is 0. The lowest BCUT2D eigenvalue weighted by atomic mass is 10.1. The zero-order chi connectivity index (χ0) is 12.8. The minimum Gasteiger partial charge on any atom is -0.479 e. The van der Waals surface area contributed by atoms with E-state index in [-0.39, 0.29) is 5.54 Å². The molecule has 0 bridgehead atoms. The summed E-state index contributed by atoms with van der Waals surface area (Å²) in [7, 11) is 0. The predicted octanol–water partition coefficient (Wildman–Crippen LogP) is -1.38. The molecule has 7 nitrogen and oxygen atoms in total. The Bertz CT molecular complexity index is 198. The van der Waals surface area contributed by atoms with E-state index in [2.05, 4.69) is 0 Å². The number of nitrogens with two attached hydrogens (primary N) is 1. The lowest BCUT2D eigenvalue weighted by Gasteiger charge is -2.07. The third-order valence-corrected chi connectivity index (χ3v) is 0.805. The summed E-state index contributed by atoms with van der Waals surface area (Å²) in [5.74, 6) is -3.54. The highest BCUT2D eigenvalue weighted by Crippen LogP contribution is 1.92. The number of aliphatic hydroxyl groups excluding tert-OH is 2. The molecular weight excluding hydrogens is 206 g/mol. The SMILES string of the molecule is CC(C)(C)N.O=C(O)C(O)C(O)C(=O)O. The van der Waals surface area contributed by atoms with Gasteiger partial charge in [-0.1, -0.05) is 0 Å². The molecule has 2 atom stereocenters. The number of carbonyl (C=O) groups is 2. The number of aliphatic hydroxyl groups is 2. The van der Waals surface area contributed by atoms with Gasteiger partial charge in [0.05, 0.1) is 0 Å². The molecular formula is C8H17NO6. The fourth-order valence-electron chi connectivity index (χ4n) is 0.270. The van der Waals surface area contributed by atoms with Gasteiger partial charge in [-0.15, -0.1) is 0 Å². The van der Waals surface area contributed by atoms with Crippen molar-refractivity contribution in [1.29, 1.82) is 0 Å². The molecule has 0 heterocycles. The fraction of sp³-hybridized carbons (Fsp3) is 0.750. The molecule has 0 radical (unpaired) electrons. The van der Waals surface area contributed by atoms with Crippen molar-refractivity contribution in [2.75, 3.05) is 0 Å². The van der Waals surface area contributed by atoms with E-state index < -0.39 is 24.1 Å². The van der Waals surface area contributed by atoms with Crippen LogP contribution in [0.3, 0.4) is 0 Å². The fourth-order valence-corrected chi connectivity index (χ4v) is 0.270. The van der Waals surface area contributed by atoms with E-state index in [4.69, 9.17) is 26.2 Å². The smallest absolute Gasteiger partial charge is 0.335 e. The van der Waals surface area contributed by atoms with Crippen LogP contribution < -0.4 is 5.73 Å². The van der Waals surface area contributed by atoms with Gasteiger partial charge in [0.25, 0.3) is 0 Å². The van der Waals surface area contributed by atoms with Crippen molar-refractivity contribution in [3.05, 3.63) is 0 Å². The maximum absolute atomic E-state index is 9.77. The van der Waals surface area contributed by atoms with Crippen molar-refractivity contribution in [2.24, 2.45) is 5.73 Å². The predicted molar refractivity (Wildman–Crippen MR) is 51.2 cm³/mol. The summed E-state index contributed by atoms with van der Waals surface area (Å²) < 4.78 is 0. The first kappa shape index (κ1) is 16.3. The van der Waals surface area contributed by atoms with Gasteiger partial charge in [0, 0.05) is 5.54 Å². The third-order valence-electron chi connectivity index (χ3n) is 0.805. The molecule has 0 saturated heterocycles. The van der Waals surface area contributed by atoms with E-state index in [0.717, 1.165) is 0 Å². The first-order valence-electron chi connectivity index (χ1n) is 4.07. The zero-order valence-electron chi connectivity index (χ0n) is 8.84. The molecule has 0 aliphatic carbocycles. The number of carboxylic acids is 2. The van der Waals surface area contributed by atoms with E-state index in [1.54, 1.807) is 0 Å². The average Bonchev–Trinajstić information content (AvgIpc) is 1.98. The van der Waals surface area contributed by atoms with Crippen LogP contribution in [-0.2, 0) is 9.59 Å². The maximum Gasteiger partial charge on any atom is 0.335 e. The van der Waals surface area contributed by atoms with Crippen LogP contribution >= 0.6 is 0 Å². The lowest BCUT2D eigenvalue weighted by Crippen LogP contribution is -2.39. The first-order valence-corrected chi connectivity index (χ1v) is 4.07.